The van der Waals surface area contributed by atoms with Gasteiger partial charge < -0.3 is 0 Å². The molecule has 1 nitrogen and oxygen atoms in total. The highest BCUT2D eigenvalue weighted by molar-refractivity contribution is 6.35. The highest BCUT2D eigenvalue weighted by atomic mass is 35.5. The zero-order valence-electron chi connectivity index (χ0n) is 11.8. The summed E-state index contributed by atoms with van der Waals surface area (Å²) in [5, 5.41) is 2.04. The topological polar surface area (TPSA) is 12.9 Å². The van der Waals surface area contributed by atoms with Crippen LogP contribution in [0.1, 0.15) is 61.3 Å². The van der Waals surface area contributed by atoms with Gasteiger partial charge in [0.15, 0.2) is 0 Å². The molecule has 0 amide bonds. The second-order valence-electron chi connectivity index (χ2n) is 6.32. The molecular weight excluding hydrogens is 266 g/mol. The summed E-state index contributed by atoms with van der Waals surface area (Å²) in [5.41, 5.74) is 5.39. The smallest absolute Gasteiger partial charge is 0.0755 e. The summed E-state index contributed by atoms with van der Waals surface area (Å²) in [6.07, 6.45) is 10.2. The van der Waals surface area contributed by atoms with E-state index in [1.54, 1.807) is 0 Å². The van der Waals surface area contributed by atoms with E-state index in [4.69, 9.17) is 16.6 Å². The van der Waals surface area contributed by atoms with Gasteiger partial charge in [-0.15, -0.1) is 0 Å². The standard InChI is InChI=1S/C18H20ClN/c19-16-11-17(13-6-1-2-7-13)20-18-14-8-4-3-5-12(14)9-10-15(16)18/h9-11,13H,1-8H2. The first-order valence-corrected chi connectivity index (χ1v) is 8.31. The third kappa shape index (κ3) is 2.03. The van der Waals surface area contributed by atoms with Crippen molar-refractivity contribution in [3.63, 3.8) is 0 Å². The van der Waals surface area contributed by atoms with Crippen LogP contribution in [-0.4, -0.2) is 4.98 Å². The van der Waals surface area contributed by atoms with Crippen molar-refractivity contribution >= 4 is 22.5 Å². The molecule has 1 aromatic carbocycles. The quantitative estimate of drug-likeness (QED) is 0.681. The van der Waals surface area contributed by atoms with E-state index in [-0.39, 0.29) is 0 Å². The molecule has 1 fully saturated rings. The van der Waals surface area contributed by atoms with Crippen molar-refractivity contribution in [2.75, 3.05) is 0 Å². The fourth-order valence-electron chi connectivity index (χ4n) is 3.93. The Morgan fingerprint density at radius 1 is 1.00 bits per heavy atom. The number of benzene rings is 1. The first-order chi connectivity index (χ1) is 9.83. The van der Waals surface area contributed by atoms with Crippen LogP contribution in [0.2, 0.25) is 5.02 Å². The Hall–Kier alpha value is -1.08. The monoisotopic (exact) mass is 285 g/mol. The number of nitrogens with zero attached hydrogens (tertiary/aromatic N) is 1. The maximum Gasteiger partial charge on any atom is 0.0755 e. The third-order valence-electron chi connectivity index (χ3n) is 5.05. The molecule has 0 atom stereocenters. The second-order valence-corrected chi connectivity index (χ2v) is 6.72. The molecule has 0 radical (unpaired) electrons. The first-order valence-electron chi connectivity index (χ1n) is 7.94. The van der Waals surface area contributed by atoms with Gasteiger partial charge in [-0.3, -0.25) is 4.98 Å². The van der Waals surface area contributed by atoms with E-state index in [1.165, 1.54) is 73.7 Å². The molecule has 1 heterocycles. The van der Waals surface area contributed by atoms with Gasteiger partial charge in [-0.2, -0.15) is 0 Å². The van der Waals surface area contributed by atoms with Crippen molar-refractivity contribution in [3.05, 3.63) is 40.0 Å². The summed E-state index contributed by atoms with van der Waals surface area (Å²) >= 11 is 6.54. The molecule has 2 heteroatoms. The average molecular weight is 286 g/mol. The van der Waals surface area contributed by atoms with E-state index in [2.05, 4.69) is 18.2 Å². The molecule has 1 saturated carbocycles. The van der Waals surface area contributed by atoms with Crippen molar-refractivity contribution in [3.8, 4) is 0 Å². The molecule has 0 unspecified atom stereocenters. The van der Waals surface area contributed by atoms with Crippen molar-refractivity contribution < 1.29 is 0 Å². The molecule has 1 aromatic heterocycles. The lowest BCUT2D eigenvalue weighted by molar-refractivity contribution is 0.683. The van der Waals surface area contributed by atoms with Gasteiger partial charge in [-0.1, -0.05) is 36.6 Å². The highest BCUT2D eigenvalue weighted by Gasteiger charge is 2.21. The van der Waals surface area contributed by atoms with Crippen LogP contribution in [-0.2, 0) is 12.8 Å². The van der Waals surface area contributed by atoms with E-state index in [9.17, 15) is 0 Å². The summed E-state index contributed by atoms with van der Waals surface area (Å²) < 4.78 is 0. The fourth-order valence-corrected chi connectivity index (χ4v) is 4.19. The molecule has 0 aliphatic heterocycles. The Morgan fingerprint density at radius 3 is 2.65 bits per heavy atom. The lowest BCUT2D eigenvalue weighted by atomic mass is 9.89. The summed E-state index contributed by atoms with van der Waals surface area (Å²) in [6.45, 7) is 0. The van der Waals surface area contributed by atoms with Crippen molar-refractivity contribution in [1.29, 1.82) is 0 Å². The van der Waals surface area contributed by atoms with Gasteiger partial charge in [-0.05, 0) is 55.7 Å². The SMILES string of the molecule is Clc1cc(C2CCCC2)nc2c3c(ccc12)CCCC3. The van der Waals surface area contributed by atoms with Gasteiger partial charge in [0.05, 0.1) is 10.5 Å². The largest absolute Gasteiger partial charge is 0.252 e. The predicted molar refractivity (Wildman–Crippen MR) is 84.6 cm³/mol. The highest BCUT2D eigenvalue weighted by Crippen LogP contribution is 2.37. The number of aryl methyl sites for hydroxylation is 2. The Kier molecular flexibility index (Phi) is 3.18. The van der Waals surface area contributed by atoms with Crippen LogP contribution >= 0.6 is 11.6 Å². The minimum Gasteiger partial charge on any atom is -0.252 e. The minimum atomic E-state index is 0.636. The van der Waals surface area contributed by atoms with Gasteiger partial charge in [0.2, 0.25) is 0 Å². The molecule has 104 valence electrons. The van der Waals surface area contributed by atoms with E-state index in [1.807, 2.05) is 0 Å². The van der Waals surface area contributed by atoms with Crippen molar-refractivity contribution in [1.82, 2.24) is 4.98 Å². The molecule has 2 aliphatic carbocycles. The molecule has 0 saturated heterocycles. The predicted octanol–water partition coefficient (Wildman–Crippen LogP) is 5.42. The fraction of sp³-hybridized carbons (Fsp3) is 0.500. The van der Waals surface area contributed by atoms with E-state index in [0.29, 0.717) is 5.92 Å². The number of fused-ring (bicyclic) bond motifs is 3. The van der Waals surface area contributed by atoms with Gasteiger partial charge in [0.1, 0.15) is 0 Å². The van der Waals surface area contributed by atoms with Gasteiger partial charge in [0.25, 0.3) is 0 Å². The molecule has 0 bridgehead atoms. The summed E-state index contributed by atoms with van der Waals surface area (Å²) in [4.78, 5) is 5.05. The lowest BCUT2D eigenvalue weighted by Gasteiger charge is -2.19. The molecular formula is C18H20ClN. The third-order valence-corrected chi connectivity index (χ3v) is 5.36. The summed E-state index contributed by atoms with van der Waals surface area (Å²) in [7, 11) is 0. The molecule has 0 spiro atoms. The molecule has 20 heavy (non-hydrogen) atoms. The molecule has 4 rings (SSSR count). The number of hydrogen-bond acceptors (Lipinski definition) is 1. The number of rotatable bonds is 1. The van der Waals surface area contributed by atoms with Crippen LogP contribution in [0.3, 0.4) is 0 Å². The van der Waals surface area contributed by atoms with Gasteiger partial charge >= 0.3 is 0 Å². The zero-order valence-corrected chi connectivity index (χ0v) is 12.5. The number of pyridine rings is 1. The van der Waals surface area contributed by atoms with Crippen LogP contribution in [0, 0.1) is 0 Å². The van der Waals surface area contributed by atoms with E-state index in [0.717, 1.165) is 10.4 Å². The number of aromatic nitrogens is 1. The minimum absolute atomic E-state index is 0.636. The van der Waals surface area contributed by atoms with Crippen LogP contribution in [0.25, 0.3) is 10.9 Å². The molecule has 2 aromatic rings. The van der Waals surface area contributed by atoms with Crippen LogP contribution in [0.5, 0.6) is 0 Å². The normalized spacial score (nSPS) is 19.4. The van der Waals surface area contributed by atoms with Gasteiger partial charge in [0, 0.05) is 17.0 Å². The van der Waals surface area contributed by atoms with Crippen molar-refractivity contribution in [2.24, 2.45) is 0 Å². The zero-order chi connectivity index (χ0) is 13.5. The van der Waals surface area contributed by atoms with Crippen molar-refractivity contribution in [2.45, 2.75) is 57.3 Å². The van der Waals surface area contributed by atoms with E-state index < -0.39 is 0 Å². The number of hydrogen-bond donors (Lipinski definition) is 0. The van der Waals surface area contributed by atoms with Crippen LogP contribution in [0.4, 0.5) is 0 Å². The second kappa shape index (κ2) is 5.04. The average Bonchev–Trinajstić information content (AvgIpc) is 3.01. The summed E-state index contributed by atoms with van der Waals surface area (Å²) in [5.74, 6) is 0.636. The maximum absolute atomic E-state index is 6.54. The number of halogens is 1. The van der Waals surface area contributed by atoms with Gasteiger partial charge in [-0.25, -0.2) is 0 Å². The maximum atomic E-state index is 6.54. The summed E-state index contributed by atoms with van der Waals surface area (Å²) in [6, 6.07) is 6.56. The lowest BCUT2D eigenvalue weighted by Crippen LogP contribution is -2.06. The first kappa shape index (κ1) is 12.6. The Balaban J connectivity index is 1.91. The van der Waals surface area contributed by atoms with E-state index >= 15 is 0 Å². The molecule has 2 aliphatic rings. The molecule has 0 N–H and O–H groups in total. The Bertz CT molecular complexity index is 656. The van der Waals surface area contributed by atoms with Crippen LogP contribution in [0.15, 0.2) is 18.2 Å². The Labute approximate surface area is 125 Å². The van der Waals surface area contributed by atoms with Crippen LogP contribution < -0.4 is 0 Å². The Morgan fingerprint density at radius 2 is 1.80 bits per heavy atom.